The molecule has 2 aromatic rings. The topological polar surface area (TPSA) is 117 Å². The number of ether oxygens (including phenoxy) is 2. The van der Waals surface area contributed by atoms with Crippen LogP contribution >= 0.6 is 12.4 Å². The van der Waals surface area contributed by atoms with Crippen molar-refractivity contribution in [2.24, 2.45) is 11.5 Å². The van der Waals surface area contributed by atoms with E-state index < -0.39 is 18.1 Å². The number of amides is 1. The van der Waals surface area contributed by atoms with E-state index in [1.54, 1.807) is 7.11 Å². The van der Waals surface area contributed by atoms with Crippen LogP contribution in [-0.2, 0) is 20.9 Å². The fourth-order valence-corrected chi connectivity index (χ4v) is 2.76. The van der Waals surface area contributed by atoms with E-state index in [4.69, 9.17) is 20.9 Å². The van der Waals surface area contributed by atoms with E-state index >= 15 is 0 Å². The average molecular weight is 436 g/mol. The highest BCUT2D eigenvalue weighted by molar-refractivity contribution is 5.85. The van der Waals surface area contributed by atoms with Gasteiger partial charge in [-0.1, -0.05) is 42.5 Å². The number of nitrogens with two attached hydrogens (primary N) is 2. The third-order valence-corrected chi connectivity index (χ3v) is 4.60. The number of methoxy groups -OCH3 is 1. The first kappa shape index (κ1) is 25.4. The smallest absolute Gasteiger partial charge is 0.323 e. The molecule has 0 aromatic heterocycles. The van der Waals surface area contributed by atoms with Crippen molar-refractivity contribution in [1.29, 1.82) is 0 Å². The molecule has 0 saturated carbocycles. The molecule has 1 amide bonds. The van der Waals surface area contributed by atoms with Gasteiger partial charge in [0.05, 0.1) is 19.2 Å². The maximum atomic E-state index is 12.3. The summed E-state index contributed by atoms with van der Waals surface area (Å²) in [5.74, 6) is -0.0933. The Morgan fingerprint density at radius 1 is 1.00 bits per heavy atom. The second-order valence-corrected chi connectivity index (χ2v) is 6.89. The lowest BCUT2D eigenvalue weighted by Gasteiger charge is -2.19. The third-order valence-electron chi connectivity index (χ3n) is 4.60. The molecule has 0 bridgehead atoms. The molecule has 5 N–H and O–H groups in total. The van der Waals surface area contributed by atoms with Gasteiger partial charge in [-0.05, 0) is 43.0 Å². The van der Waals surface area contributed by atoms with Gasteiger partial charge >= 0.3 is 5.97 Å². The second-order valence-electron chi connectivity index (χ2n) is 6.89. The van der Waals surface area contributed by atoms with Crippen LogP contribution < -0.4 is 21.5 Å². The highest BCUT2D eigenvalue weighted by Gasteiger charge is 2.21. The second kappa shape index (κ2) is 12.8. The number of carbonyl (C=O) groups excluding carboxylic acids is 2. The molecule has 0 aliphatic carbocycles. The van der Waals surface area contributed by atoms with E-state index in [0.29, 0.717) is 5.75 Å². The SMILES string of the molecule is COc1cccc(C(C)NC(=O)[C@H](N)CC[C@H](N)C(=O)OCc2ccccc2)c1.Cl. The number of hydrogen-bond donors (Lipinski definition) is 3. The van der Waals surface area contributed by atoms with Crippen molar-refractivity contribution < 1.29 is 19.1 Å². The summed E-state index contributed by atoms with van der Waals surface area (Å²) in [6.45, 7) is 2.03. The van der Waals surface area contributed by atoms with Crippen molar-refractivity contribution >= 4 is 24.3 Å². The number of rotatable bonds is 10. The average Bonchev–Trinajstić information content (AvgIpc) is 2.76. The van der Waals surface area contributed by atoms with Gasteiger partial charge in [-0.2, -0.15) is 0 Å². The predicted octanol–water partition coefficient (Wildman–Crippen LogP) is 2.47. The van der Waals surface area contributed by atoms with Crippen LogP contribution in [-0.4, -0.2) is 31.1 Å². The molecule has 0 heterocycles. The Balaban J connectivity index is 0.00000450. The van der Waals surface area contributed by atoms with Crippen molar-refractivity contribution in [3.8, 4) is 5.75 Å². The van der Waals surface area contributed by atoms with E-state index in [2.05, 4.69) is 5.32 Å². The number of hydrogen-bond acceptors (Lipinski definition) is 6. The van der Waals surface area contributed by atoms with Crippen LogP contribution in [0.15, 0.2) is 54.6 Å². The Morgan fingerprint density at radius 3 is 2.33 bits per heavy atom. The van der Waals surface area contributed by atoms with Crippen LogP contribution in [0.2, 0.25) is 0 Å². The number of halogens is 1. The first-order valence-corrected chi connectivity index (χ1v) is 9.56. The monoisotopic (exact) mass is 435 g/mol. The molecule has 0 spiro atoms. The number of benzene rings is 2. The lowest BCUT2D eigenvalue weighted by molar-refractivity contribution is -0.146. The minimum atomic E-state index is -0.826. The Bertz CT molecular complexity index is 804. The Kier molecular flexibility index (Phi) is 10.9. The van der Waals surface area contributed by atoms with Crippen molar-refractivity contribution in [3.05, 3.63) is 65.7 Å². The maximum Gasteiger partial charge on any atom is 0.323 e. The molecular weight excluding hydrogens is 406 g/mol. The van der Waals surface area contributed by atoms with Gasteiger partial charge in [0.25, 0.3) is 0 Å². The minimum Gasteiger partial charge on any atom is -0.497 e. The van der Waals surface area contributed by atoms with E-state index in [0.717, 1.165) is 11.1 Å². The predicted molar refractivity (Wildman–Crippen MR) is 118 cm³/mol. The summed E-state index contributed by atoms with van der Waals surface area (Å²) in [6.07, 6.45) is 0.536. The normalized spacial score (nSPS) is 13.3. The first-order chi connectivity index (χ1) is 13.9. The number of nitrogens with one attached hydrogen (secondary N) is 1. The van der Waals surface area contributed by atoms with Gasteiger partial charge in [0.2, 0.25) is 5.91 Å². The summed E-state index contributed by atoms with van der Waals surface area (Å²) in [5.41, 5.74) is 13.6. The molecule has 8 heteroatoms. The van der Waals surface area contributed by atoms with E-state index in [1.807, 2.05) is 61.5 Å². The first-order valence-electron chi connectivity index (χ1n) is 9.56. The molecule has 164 valence electrons. The van der Waals surface area contributed by atoms with Gasteiger partial charge in [0.15, 0.2) is 0 Å². The fraction of sp³-hybridized carbons (Fsp3) is 0.364. The van der Waals surface area contributed by atoms with Gasteiger partial charge < -0.3 is 26.3 Å². The van der Waals surface area contributed by atoms with Crippen LogP contribution in [0.1, 0.15) is 36.9 Å². The molecule has 1 unspecified atom stereocenters. The molecule has 3 atom stereocenters. The van der Waals surface area contributed by atoms with Crippen LogP contribution in [0.5, 0.6) is 5.75 Å². The fourth-order valence-electron chi connectivity index (χ4n) is 2.76. The van der Waals surface area contributed by atoms with Gasteiger partial charge in [-0.3, -0.25) is 9.59 Å². The molecule has 0 aliphatic rings. The standard InChI is InChI=1S/C22H29N3O4.ClH/c1-15(17-9-6-10-18(13-17)28-2)25-21(26)19(23)11-12-20(24)22(27)29-14-16-7-4-3-5-8-16;/h3-10,13,15,19-20H,11-12,14,23-24H2,1-2H3,(H,25,26);1H/t15?,19-,20+;/m1./s1. The summed E-state index contributed by atoms with van der Waals surface area (Å²) < 4.78 is 10.4. The van der Waals surface area contributed by atoms with Crippen LogP contribution in [0.4, 0.5) is 0 Å². The van der Waals surface area contributed by atoms with Crippen molar-refractivity contribution in [2.45, 2.75) is 44.5 Å². The van der Waals surface area contributed by atoms with Crippen LogP contribution in [0, 0.1) is 0 Å². The van der Waals surface area contributed by atoms with E-state index in [-0.39, 0.29) is 43.8 Å². The lowest BCUT2D eigenvalue weighted by atomic mass is 10.0. The summed E-state index contributed by atoms with van der Waals surface area (Å²) in [5, 5.41) is 2.87. The van der Waals surface area contributed by atoms with Gasteiger partial charge in [-0.25, -0.2) is 0 Å². The van der Waals surface area contributed by atoms with Crippen molar-refractivity contribution in [3.63, 3.8) is 0 Å². The Morgan fingerprint density at radius 2 is 1.67 bits per heavy atom. The molecule has 2 aromatic carbocycles. The quantitative estimate of drug-likeness (QED) is 0.493. The summed E-state index contributed by atoms with van der Waals surface area (Å²) >= 11 is 0. The largest absolute Gasteiger partial charge is 0.497 e. The highest BCUT2D eigenvalue weighted by atomic mass is 35.5. The maximum absolute atomic E-state index is 12.3. The van der Waals surface area contributed by atoms with E-state index in [1.165, 1.54) is 0 Å². The zero-order valence-electron chi connectivity index (χ0n) is 17.2. The summed E-state index contributed by atoms with van der Waals surface area (Å²) in [7, 11) is 1.59. The molecular formula is C22H30ClN3O4. The lowest BCUT2D eigenvalue weighted by Crippen LogP contribution is -2.43. The Labute approximate surface area is 183 Å². The van der Waals surface area contributed by atoms with Gasteiger partial charge in [0, 0.05) is 0 Å². The Hall–Kier alpha value is -2.61. The molecule has 0 saturated heterocycles. The molecule has 30 heavy (non-hydrogen) atoms. The van der Waals surface area contributed by atoms with Crippen LogP contribution in [0.3, 0.4) is 0 Å². The van der Waals surface area contributed by atoms with Crippen molar-refractivity contribution in [1.82, 2.24) is 5.32 Å². The highest BCUT2D eigenvalue weighted by Crippen LogP contribution is 2.19. The summed E-state index contributed by atoms with van der Waals surface area (Å²) in [6, 6.07) is 15.0. The van der Waals surface area contributed by atoms with Gasteiger partial charge in [0.1, 0.15) is 18.4 Å². The van der Waals surface area contributed by atoms with Crippen molar-refractivity contribution in [2.75, 3.05) is 7.11 Å². The van der Waals surface area contributed by atoms with Gasteiger partial charge in [-0.15, -0.1) is 12.4 Å². The zero-order chi connectivity index (χ0) is 21.2. The molecule has 0 radical (unpaired) electrons. The number of esters is 1. The molecule has 0 aliphatic heterocycles. The molecule has 0 fully saturated rings. The minimum absolute atomic E-state index is 0. The number of carbonyl (C=O) groups is 2. The third kappa shape index (κ3) is 8.02. The molecule has 7 nitrogen and oxygen atoms in total. The van der Waals surface area contributed by atoms with E-state index in [9.17, 15) is 9.59 Å². The molecule has 2 rings (SSSR count). The summed E-state index contributed by atoms with van der Waals surface area (Å²) in [4.78, 5) is 24.4. The van der Waals surface area contributed by atoms with Crippen LogP contribution in [0.25, 0.3) is 0 Å². The zero-order valence-corrected chi connectivity index (χ0v) is 18.1.